The number of hydrogen-bond donors (Lipinski definition) is 0. The van der Waals surface area contributed by atoms with Crippen molar-refractivity contribution >= 4 is 0 Å². The molecule has 1 nitrogen and oxygen atoms in total. The molecule has 0 aliphatic carbocycles. The molecule has 0 aliphatic heterocycles. The van der Waals surface area contributed by atoms with Gasteiger partial charge < -0.3 is 4.74 Å². The van der Waals surface area contributed by atoms with Crippen molar-refractivity contribution in [3.8, 4) is 0 Å². The zero-order valence-corrected chi connectivity index (χ0v) is 6.53. The Morgan fingerprint density at radius 3 is 2.27 bits per heavy atom. The monoisotopic (exact) mass is 168 g/mol. The number of rotatable bonds is 3. The highest BCUT2D eigenvalue weighted by molar-refractivity contribution is 4.98. The zero-order valence-electron chi connectivity index (χ0n) is 6.53. The SMILES string of the molecule is CC=C(OCCC)C(F)(F)F. The first-order valence-electron chi connectivity index (χ1n) is 3.38. The molecular formula is C7H11F3O. The van der Waals surface area contributed by atoms with Crippen molar-refractivity contribution in [1.29, 1.82) is 0 Å². The van der Waals surface area contributed by atoms with Crippen LogP contribution in [0.25, 0.3) is 0 Å². The number of hydrogen-bond acceptors (Lipinski definition) is 1. The van der Waals surface area contributed by atoms with Crippen LogP contribution in [0, 0.1) is 0 Å². The maximum Gasteiger partial charge on any atom is 0.448 e. The molecule has 4 heteroatoms. The Hall–Kier alpha value is -0.670. The fourth-order valence-corrected chi connectivity index (χ4v) is 0.541. The van der Waals surface area contributed by atoms with E-state index in [-0.39, 0.29) is 6.61 Å². The van der Waals surface area contributed by atoms with Crippen molar-refractivity contribution in [1.82, 2.24) is 0 Å². The summed E-state index contributed by atoms with van der Waals surface area (Å²) in [5.41, 5.74) is 0. The fraction of sp³-hybridized carbons (Fsp3) is 0.714. The summed E-state index contributed by atoms with van der Waals surface area (Å²) in [4.78, 5) is 0. The quantitative estimate of drug-likeness (QED) is 0.589. The molecule has 0 spiro atoms. The molecule has 0 aromatic carbocycles. The Labute approximate surface area is 63.8 Å². The normalized spacial score (nSPS) is 13.4. The van der Waals surface area contributed by atoms with Gasteiger partial charge in [-0.1, -0.05) is 6.92 Å². The smallest absolute Gasteiger partial charge is 0.448 e. The van der Waals surface area contributed by atoms with Gasteiger partial charge in [0.2, 0.25) is 0 Å². The Bertz CT molecular complexity index is 137. The summed E-state index contributed by atoms with van der Waals surface area (Å²) in [6, 6.07) is 0. The summed E-state index contributed by atoms with van der Waals surface area (Å²) < 4.78 is 40.0. The van der Waals surface area contributed by atoms with Crippen LogP contribution in [0.2, 0.25) is 0 Å². The van der Waals surface area contributed by atoms with E-state index in [9.17, 15) is 13.2 Å². The second kappa shape index (κ2) is 4.26. The molecule has 0 saturated heterocycles. The molecule has 0 aromatic rings. The number of allylic oxidation sites excluding steroid dienone is 2. The minimum absolute atomic E-state index is 0.110. The van der Waals surface area contributed by atoms with Crippen molar-refractivity contribution in [3.63, 3.8) is 0 Å². The lowest BCUT2D eigenvalue weighted by molar-refractivity contribution is -0.131. The van der Waals surface area contributed by atoms with Crippen LogP contribution in [0.5, 0.6) is 0 Å². The predicted octanol–water partition coefficient (Wildman–Crippen LogP) is 2.88. The molecule has 11 heavy (non-hydrogen) atoms. The average molecular weight is 168 g/mol. The molecule has 0 rings (SSSR count). The van der Waals surface area contributed by atoms with Crippen LogP contribution in [-0.4, -0.2) is 12.8 Å². The highest BCUT2D eigenvalue weighted by atomic mass is 19.4. The van der Waals surface area contributed by atoms with Crippen molar-refractivity contribution in [2.45, 2.75) is 26.4 Å². The van der Waals surface area contributed by atoms with Crippen molar-refractivity contribution in [2.24, 2.45) is 0 Å². The maximum absolute atomic E-state index is 11.9. The molecule has 0 radical (unpaired) electrons. The highest BCUT2D eigenvalue weighted by Gasteiger charge is 2.34. The molecule has 0 aromatic heterocycles. The van der Waals surface area contributed by atoms with Gasteiger partial charge in [0.15, 0.2) is 5.76 Å². The summed E-state index contributed by atoms with van der Waals surface area (Å²) in [5, 5.41) is 0. The van der Waals surface area contributed by atoms with Gasteiger partial charge in [-0.25, -0.2) is 0 Å². The van der Waals surface area contributed by atoms with E-state index in [2.05, 4.69) is 4.74 Å². The van der Waals surface area contributed by atoms with Crippen LogP contribution in [0.4, 0.5) is 13.2 Å². The van der Waals surface area contributed by atoms with Crippen LogP contribution < -0.4 is 0 Å². The van der Waals surface area contributed by atoms with Gasteiger partial charge in [0, 0.05) is 0 Å². The topological polar surface area (TPSA) is 9.23 Å². The van der Waals surface area contributed by atoms with Crippen molar-refractivity contribution < 1.29 is 17.9 Å². The molecule has 0 unspecified atom stereocenters. The average Bonchev–Trinajstić information content (AvgIpc) is 1.87. The highest BCUT2D eigenvalue weighted by Crippen LogP contribution is 2.26. The molecule has 0 amide bonds. The molecule has 0 bridgehead atoms. The van der Waals surface area contributed by atoms with Crippen molar-refractivity contribution in [3.05, 3.63) is 11.8 Å². The van der Waals surface area contributed by atoms with Crippen LogP contribution in [0.1, 0.15) is 20.3 Å². The van der Waals surface area contributed by atoms with Gasteiger partial charge >= 0.3 is 6.18 Å². The number of ether oxygens (including phenoxy) is 1. The lowest BCUT2D eigenvalue weighted by Gasteiger charge is -2.11. The minimum atomic E-state index is -4.34. The molecule has 0 heterocycles. The Morgan fingerprint density at radius 1 is 1.45 bits per heavy atom. The summed E-state index contributed by atoms with van der Waals surface area (Å²) in [5.74, 6) is -0.903. The molecule has 66 valence electrons. The summed E-state index contributed by atoms with van der Waals surface area (Å²) in [6.07, 6.45) is -2.84. The second-order valence-corrected chi connectivity index (χ2v) is 2.00. The lowest BCUT2D eigenvalue weighted by Crippen LogP contribution is -2.14. The molecular weight excluding hydrogens is 157 g/mol. The van der Waals surface area contributed by atoms with Crippen molar-refractivity contribution in [2.75, 3.05) is 6.61 Å². The third-order valence-corrected chi connectivity index (χ3v) is 1.00. The fourth-order valence-electron chi connectivity index (χ4n) is 0.541. The van der Waals surface area contributed by atoms with Crippen LogP contribution in [0.3, 0.4) is 0 Å². The standard InChI is InChI=1S/C7H11F3O/c1-3-5-11-6(4-2)7(8,9)10/h4H,3,5H2,1-2H3. The third kappa shape index (κ3) is 3.91. The molecule has 0 aliphatic rings. The van der Waals surface area contributed by atoms with Gasteiger partial charge in [-0.15, -0.1) is 0 Å². The first kappa shape index (κ1) is 10.3. The van der Waals surface area contributed by atoms with E-state index in [1.54, 1.807) is 6.92 Å². The summed E-state index contributed by atoms with van der Waals surface area (Å²) in [7, 11) is 0. The third-order valence-electron chi connectivity index (χ3n) is 1.00. The number of alkyl halides is 3. The molecule has 0 fully saturated rings. The molecule has 0 N–H and O–H groups in total. The second-order valence-electron chi connectivity index (χ2n) is 2.00. The van der Waals surface area contributed by atoms with Gasteiger partial charge in [0.05, 0.1) is 6.61 Å². The van der Waals surface area contributed by atoms with Crippen LogP contribution in [0.15, 0.2) is 11.8 Å². The molecule has 0 saturated carbocycles. The van der Waals surface area contributed by atoms with Gasteiger partial charge in [-0.3, -0.25) is 0 Å². The van der Waals surface area contributed by atoms with E-state index in [1.165, 1.54) is 6.92 Å². The van der Waals surface area contributed by atoms with E-state index in [0.29, 0.717) is 6.42 Å². The van der Waals surface area contributed by atoms with Gasteiger partial charge in [-0.05, 0) is 19.4 Å². The summed E-state index contributed by atoms with van der Waals surface area (Å²) in [6.45, 7) is 3.17. The molecule has 0 atom stereocenters. The van der Waals surface area contributed by atoms with E-state index in [4.69, 9.17) is 0 Å². The summed E-state index contributed by atoms with van der Waals surface area (Å²) >= 11 is 0. The van der Waals surface area contributed by atoms with E-state index < -0.39 is 11.9 Å². The maximum atomic E-state index is 11.9. The van der Waals surface area contributed by atoms with Crippen LogP contribution in [-0.2, 0) is 4.74 Å². The largest absolute Gasteiger partial charge is 0.489 e. The van der Waals surface area contributed by atoms with Gasteiger partial charge in [0.25, 0.3) is 0 Å². The Kier molecular flexibility index (Phi) is 4.00. The van der Waals surface area contributed by atoms with Gasteiger partial charge in [-0.2, -0.15) is 13.2 Å². The lowest BCUT2D eigenvalue weighted by atomic mass is 10.4. The minimum Gasteiger partial charge on any atom is -0.489 e. The zero-order chi connectivity index (χ0) is 8.91. The predicted molar refractivity (Wildman–Crippen MR) is 36.1 cm³/mol. The van der Waals surface area contributed by atoms with E-state index >= 15 is 0 Å². The first-order chi connectivity index (χ1) is 5.02. The number of halogens is 3. The Balaban J connectivity index is 3.99. The first-order valence-corrected chi connectivity index (χ1v) is 3.38. The Morgan fingerprint density at radius 2 is 2.00 bits per heavy atom. The van der Waals surface area contributed by atoms with Crippen LogP contribution >= 0.6 is 0 Å². The van der Waals surface area contributed by atoms with Gasteiger partial charge in [0.1, 0.15) is 0 Å². The van der Waals surface area contributed by atoms with E-state index in [0.717, 1.165) is 6.08 Å². The van der Waals surface area contributed by atoms with E-state index in [1.807, 2.05) is 0 Å².